The monoisotopic (exact) mass is 153 g/mol. The minimum Gasteiger partial charge on any atom is -0.311 e. The van der Waals surface area contributed by atoms with Crippen LogP contribution in [0.5, 0.6) is 0 Å². The van der Waals surface area contributed by atoms with Gasteiger partial charge in [0.25, 0.3) is 0 Å². The molecule has 1 fully saturated rings. The summed E-state index contributed by atoms with van der Waals surface area (Å²) in [5, 5.41) is 3.48. The van der Waals surface area contributed by atoms with Crippen molar-refractivity contribution in [2.24, 2.45) is 5.92 Å². The number of nitrogens with one attached hydrogen (secondary N) is 1. The molecule has 1 rings (SSSR count). The molecule has 0 amide bonds. The molecule has 1 aliphatic heterocycles. The quantitative estimate of drug-likeness (QED) is 0.570. The van der Waals surface area contributed by atoms with E-state index in [-0.39, 0.29) is 0 Å². The van der Waals surface area contributed by atoms with E-state index in [1.807, 2.05) is 6.08 Å². The Labute approximate surface area is 69.9 Å². The van der Waals surface area contributed by atoms with Gasteiger partial charge in [0.05, 0.1) is 0 Å². The second-order valence-corrected chi connectivity index (χ2v) is 3.63. The summed E-state index contributed by atoms with van der Waals surface area (Å²) in [5.41, 5.74) is 0. The summed E-state index contributed by atoms with van der Waals surface area (Å²) in [4.78, 5) is 0. The van der Waals surface area contributed by atoms with E-state index < -0.39 is 0 Å². The van der Waals surface area contributed by atoms with Crippen molar-refractivity contribution in [2.75, 3.05) is 6.54 Å². The van der Waals surface area contributed by atoms with E-state index >= 15 is 0 Å². The molecule has 1 heteroatoms. The van der Waals surface area contributed by atoms with Crippen LogP contribution in [0, 0.1) is 5.92 Å². The average Bonchev–Trinajstić information content (AvgIpc) is 1.96. The molecule has 1 N–H and O–H groups in total. The molecule has 1 heterocycles. The Morgan fingerprint density at radius 3 is 3.00 bits per heavy atom. The standard InChI is InChI=1S/C10H19N/c1-3-10-8-9(2)6-4-5-7-11-10/h3,9-11H,1,4-8H2,2H3. The highest BCUT2D eigenvalue weighted by Gasteiger charge is 2.11. The minimum absolute atomic E-state index is 0.560. The maximum Gasteiger partial charge on any atom is 0.0249 e. The maximum absolute atomic E-state index is 3.83. The van der Waals surface area contributed by atoms with Crippen molar-refractivity contribution < 1.29 is 0 Å². The smallest absolute Gasteiger partial charge is 0.0249 e. The molecule has 0 saturated carbocycles. The molecule has 11 heavy (non-hydrogen) atoms. The van der Waals surface area contributed by atoms with Gasteiger partial charge < -0.3 is 5.32 Å². The Morgan fingerprint density at radius 1 is 1.45 bits per heavy atom. The Hall–Kier alpha value is -0.300. The van der Waals surface area contributed by atoms with Crippen molar-refractivity contribution >= 4 is 0 Å². The fraction of sp³-hybridized carbons (Fsp3) is 0.800. The van der Waals surface area contributed by atoms with Crippen LogP contribution < -0.4 is 5.32 Å². The van der Waals surface area contributed by atoms with Crippen LogP contribution in [-0.2, 0) is 0 Å². The summed E-state index contributed by atoms with van der Waals surface area (Å²) in [5.74, 6) is 0.866. The van der Waals surface area contributed by atoms with Gasteiger partial charge in [-0.05, 0) is 25.3 Å². The first-order valence-corrected chi connectivity index (χ1v) is 4.69. The predicted octanol–water partition coefficient (Wildman–Crippen LogP) is 2.34. The number of rotatable bonds is 1. The van der Waals surface area contributed by atoms with Crippen LogP contribution in [0.25, 0.3) is 0 Å². The number of hydrogen-bond acceptors (Lipinski definition) is 1. The van der Waals surface area contributed by atoms with Crippen LogP contribution in [-0.4, -0.2) is 12.6 Å². The van der Waals surface area contributed by atoms with Crippen molar-refractivity contribution in [3.05, 3.63) is 12.7 Å². The molecule has 2 atom stereocenters. The van der Waals surface area contributed by atoms with Crippen LogP contribution in [0.4, 0.5) is 0 Å². The first-order valence-electron chi connectivity index (χ1n) is 4.69. The van der Waals surface area contributed by atoms with E-state index in [4.69, 9.17) is 0 Å². The zero-order valence-corrected chi connectivity index (χ0v) is 7.47. The van der Waals surface area contributed by atoms with E-state index in [1.165, 1.54) is 32.2 Å². The molecule has 1 aliphatic rings. The highest BCUT2D eigenvalue weighted by Crippen LogP contribution is 2.16. The molecule has 0 aromatic heterocycles. The zero-order chi connectivity index (χ0) is 8.10. The molecule has 0 aliphatic carbocycles. The lowest BCUT2D eigenvalue weighted by Crippen LogP contribution is -2.31. The van der Waals surface area contributed by atoms with E-state index in [0.717, 1.165) is 5.92 Å². The molecule has 2 unspecified atom stereocenters. The fourth-order valence-electron chi connectivity index (χ4n) is 1.72. The van der Waals surface area contributed by atoms with Crippen molar-refractivity contribution in [1.82, 2.24) is 5.32 Å². The second kappa shape index (κ2) is 4.55. The van der Waals surface area contributed by atoms with E-state index in [0.29, 0.717) is 6.04 Å². The topological polar surface area (TPSA) is 12.0 Å². The zero-order valence-electron chi connectivity index (χ0n) is 7.47. The summed E-state index contributed by atoms with van der Waals surface area (Å²) in [7, 11) is 0. The van der Waals surface area contributed by atoms with Gasteiger partial charge in [-0.1, -0.05) is 25.8 Å². The lowest BCUT2D eigenvalue weighted by molar-refractivity contribution is 0.377. The Balaban J connectivity index is 2.34. The van der Waals surface area contributed by atoms with Gasteiger partial charge in [-0.25, -0.2) is 0 Å². The van der Waals surface area contributed by atoms with Gasteiger partial charge >= 0.3 is 0 Å². The third-order valence-corrected chi connectivity index (χ3v) is 2.47. The first kappa shape index (κ1) is 8.79. The van der Waals surface area contributed by atoms with Crippen molar-refractivity contribution in [3.8, 4) is 0 Å². The van der Waals surface area contributed by atoms with Crippen molar-refractivity contribution in [3.63, 3.8) is 0 Å². The Bertz CT molecular complexity index is 120. The Morgan fingerprint density at radius 2 is 2.27 bits per heavy atom. The molecule has 64 valence electrons. The largest absolute Gasteiger partial charge is 0.311 e. The molecular formula is C10H19N. The molecular weight excluding hydrogens is 134 g/mol. The highest BCUT2D eigenvalue weighted by molar-refractivity contribution is 4.87. The lowest BCUT2D eigenvalue weighted by Gasteiger charge is -2.22. The van der Waals surface area contributed by atoms with Crippen molar-refractivity contribution in [1.29, 1.82) is 0 Å². The molecule has 0 bridgehead atoms. The number of hydrogen-bond donors (Lipinski definition) is 1. The summed E-state index contributed by atoms with van der Waals surface area (Å²) >= 11 is 0. The average molecular weight is 153 g/mol. The van der Waals surface area contributed by atoms with Gasteiger partial charge in [-0.2, -0.15) is 0 Å². The first-order chi connectivity index (χ1) is 5.33. The third-order valence-electron chi connectivity index (χ3n) is 2.47. The lowest BCUT2D eigenvalue weighted by atomic mass is 9.94. The summed E-state index contributed by atoms with van der Waals surface area (Å²) < 4.78 is 0. The van der Waals surface area contributed by atoms with Gasteiger partial charge in [0.2, 0.25) is 0 Å². The van der Waals surface area contributed by atoms with Crippen LogP contribution in [0.15, 0.2) is 12.7 Å². The van der Waals surface area contributed by atoms with Crippen LogP contribution in [0.1, 0.15) is 32.6 Å². The molecule has 0 aromatic rings. The third kappa shape index (κ3) is 3.06. The van der Waals surface area contributed by atoms with Gasteiger partial charge in [0, 0.05) is 6.04 Å². The molecule has 0 aromatic carbocycles. The Kier molecular flexibility index (Phi) is 3.64. The summed E-state index contributed by atoms with van der Waals surface area (Å²) in [6, 6.07) is 0.560. The van der Waals surface area contributed by atoms with Crippen LogP contribution in [0.3, 0.4) is 0 Å². The summed E-state index contributed by atoms with van der Waals surface area (Å²) in [6.45, 7) is 7.34. The van der Waals surface area contributed by atoms with Crippen LogP contribution >= 0.6 is 0 Å². The highest BCUT2D eigenvalue weighted by atomic mass is 14.9. The normalized spacial score (nSPS) is 33.9. The van der Waals surface area contributed by atoms with Crippen molar-refractivity contribution in [2.45, 2.75) is 38.6 Å². The second-order valence-electron chi connectivity index (χ2n) is 3.63. The fourth-order valence-corrected chi connectivity index (χ4v) is 1.72. The SMILES string of the molecule is C=CC1CC(C)CCCCN1. The van der Waals surface area contributed by atoms with E-state index in [1.54, 1.807) is 0 Å². The van der Waals surface area contributed by atoms with Crippen LogP contribution in [0.2, 0.25) is 0 Å². The minimum atomic E-state index is 0.560. The van der Waals surface area contributed by atoms with Gasteiger partial charge in [0.15, 0.2) is 0 Å². The molecule has 0 radical (unpaired) electrons. The summed E-state index contributed by atoms with van der Waals surface area (Å²) in [6.07, 6.45) is 7.42. The maximum atomic E-state index is 3.83. The van der Waals surface area contributed by atoms with Gasteiger partial charge in [0.1, 0.15) is 0 Å². The molecule has 1 saturated heterocycles. The van der Waals surface area contributed by atoms with E-state index in [2.05, 4.69) is 18.8 Å². The van der Waals surface area contributed by atoms with Gasteiger partial charge in [-0.15, -0.1) is 6.58 Å². The molecule has 1 nitrogen and oxygen atoms in total. The predicted molar refractivity (Wildman–Crippen MR) is 49.6 cm³/mol. The molecule has 0 spiro atoms. The van der Waals surface area contributed by atoms with E-state index in [9.17, 15) is 0 Å². The van der Waals surface area contributed by atoms with Gasteiger partial charge in [-0.3, -0.25) is 0 Å².